The van der Waals surface area contributed by atoms with Crippen LogP contribution in [0.25, 0.3) is 0 Å². The maximum Gasteiger partial charge on any atom is 0.275 e. The third-order valence-electron chi connectivity index (χ3n) is 2.55. The van der Waals surface area contributed by atoms with Crippen LogP contribution in [0, 0.1) is 10.1 Å². The van der Waals surface area contributed by atoms with Crippen molar-refractivity contribution in [2.24, 2.45) is 5.14 Å². The number of rotatable bonds is 4. The lowest BCUT2D eigenvalue weighted by molar-refractivity contribution is -0.385. The van der Waals surface area contributed by atoms with Gasteiger partial charge in [0.05, 0.1) is 28.3 Å². The number of nitro benzene ring substituents is 1. The lowest BCUT2D eigenvalue weighted by Crippen LogP contribution is -2.11. The first-order valence-electron chi connectivity index (χ1n) is 5.26. The zero-order valence-corrected chi connectivity index (χ0v) is 11.5. The van der Waals surface area contributed by atoms with Gasteiger partial charge in [-0.15, -0.1) is 0 Å². The van der Waals surface area contributed by atoms with Gasteiger partial charge in [0.15, 0.2) is 0 Å². The highest BCUT2D eigenvalue weighted by atomic mass is 35.5. The van der Waals surface area contributed by atoms with Gasteiger partial charge in [-0.1, -0.05) is 17.7 Å². The molecule has 0 aliphatic heterocycles. The number of sulfonamides is 1. The molecule has 20 heavy (non-hydrogen) atoms. The number of nitrogens with zero attached hydrogens (tertiary/aromatic N) is 3. The Morgan fingerprint density at radius 3 is 2.70 bits per heavy atom. The second-order valence-electron chi connectivity index (χ2n) is 3.91. The molecule has 10 heteroatoms. The van der Waals surface area contributed by atoms with Gasteiger partial charge in [-0.3, -0.25) is 14.8 Å². The molecule has 1 aromatic carbocycles. The predicted octanol–water partition coefficient (Wildman–Crippen LogP) is 1.14. The van der Waals surface area contributed by atoms with E-state index in [0.29, 0.717) is 0 Å². The van der Waals surface area contributed by atoms with Crippen molar-refractivity contribution in [3.05, 3.63) is 51.3 Å². The first-order chi connectivity index (χ1) is 9.29. The summed E-state index contributed by atoms with van der Waals surface area (Å²) in [4.78, 5) is 10.2. The van der Waals surface area contributed by atoms with Crippen molar-refractivity contribution in [1.29, 1.82) is 0 Å². The minimum atomic E-state index is -3.86. The Labute approximate surface area is 119 Å². The van der Waals surface area contributed by atoms with Crippen molar-refractivity contribution in [1.82, 2.24) is 9.78 Å². The van der Waals surface area contributed by atoms with E-state index >= 15 is 0 Å². The Morgan fingerprint density at radius 2 is 2.15 bits per heavy atom. The summed E-state index contributed by atoms with van der Waals surface area (Å²) < 4.78 is 23.5. The molecule has 8 nitrogen and oxygen atoms in total. The summed E-state index contributed by atoms with van der Waals surface area (Å²) in [5.41, 5.74) is 0.0772. The second kappa shape index (κ2) is 5.19. The molecule has 0 saturated carbocycles. The molecular formula is C10H9ClN4O4S. The molecule has 0 atom stereocenters. The minimum absolute atomic E-state index is 0.0362. The first-order valence-corrected chi connectivity index (χ1v) is 7.18. The molecule has 0 amide bonds. The smallest absolute Gasteiger partial charge is 0.267 e. The van der Waals surface area contributed by atoms with E-state index in [1.807, 2.05) is 0 Å². The quantitative estimate of drug-likeness (QED) is 0.669. The Balaban J connectivity index is 2.40. The molecule has 1 heterocycles. The van der Waals surface area contributed by atoms with Crippen LogP contribution in [0.4, 0.5) is 5.69 Å². The van der Waals surface area contributed by atoms with Gasteiger partial charge in [-0.2, -0.15) is 5.10 Å². The first kappa shape index (κ1) is 14.4. The minimum Gasteiger partial charge on any atom is -0.267 e. The van der Waals surface area contributed by atoms with Gasteiger partial charge in [0, 0.05) is 12.3 Å². The SMILES string of the molecule is NS(=O)(=O)c1cnn(Cc2c(Cl)cccc2[N+](=O)[O-])c1. The van der Waals surface area contributed by atoms with Crippen molar-refractivity contribution in [3.63, 3.8) is 0 Å². The number of hydrogen-bond acceptors (Lipinski definition) is 5. The highest BCUT2D eigenvalue weighted by molar-refractivity contribution is 7.89. The van der Waals surface area contributed by atoms with Crippen LogP contribution in [0.3, 0.4) is 0 Å². The largest absolute Gasteiger partial charge is 0.275 e. The van der Waals surface area contributed by atoms with Gasteiger partial charge in [0.2, 0.25) is 10.0 Å². The third-order valence-corrected chi connectivity index (χ3v) is 3.77. The highest BCUT2D eigenvalue weighted by Crippen LogP contribution is 2.27. The van der Waals surface area contributed by atoms with E-state index in [4.69, 9.17) is 16.7 Å². The molecule has 0 aliphatic rings. The van der Waals surface area contributed by atoms with Gasteiger partial charge in [0.1, 0.15) is 4.90 Å². The molecule has 2 aromatic rings. The van der Waals surface area contributed by atoms with E-state index in [1.54, 1.807) is 0 Å². The maximum atomic E-state index is 11.1. The van der Waals surface area contributed by atoms with Crippen LogP contribution in [-0.2, 0) is 16.6 Å². The molecule has 2 N–H and O–H groups in total. The number of benzene rings is 1. The van der Waals surface area contributed by atoms with Gasteiger partial charge in [-0.25, -0.2) is 13.6 Å². The molecule has 0 spiro atoms. The van der Waals surface area contributed by atoms with Crippen LogP contribution in [0.5, 0.6) is 0 Å². The van der Waals surface area contributed by atoms with Gasteiger partial charge in [-0.05, 0) is 6.07 Å². The van der Waals surface area contributed by atoms with Crippen LogP contribution >= 0.6 is 11.6 Å². The average Bonchev–Trinajstić information content (AvgIpc) is 2.79. The number of primary sulfonamides is 1. The Bertz CT molecular complexity index is 771. The fraction of sp³-hybridized carbons (Fsp3) is 0.100. The van der Waals surface area contributed by atoms with Crippen molar-refractivity contribution in [2.45, 2.75) is 11.4 Å². The van der Waals surface area contributed by atoms with Crippen LogP contribution in [-0.4, -0.2) is 23.1 Å². The molecule has 0 fully saturated rings. The van der Waals surface area contributed by atoms with Gasteiger partial charge < -0.3 is 0 Å². The normalized spacial score (nSPS) is 11.5. The number of nitro groups is 1. The molecule has 106 valence electrons. The molecule has 1 aromatic heterocycles. The molecule has 0 radical (unpaired) electrons. The number of nitrogens with two attached hydrogens (primary N) is 1. The summed E-state index contributed by atoms with van der Waals surface area (Å²) in [7, 11) is -3.86. The van der Waals surface area contributed by atoms with Crippen LogP contribution in [0.15, 0.2) is 35.5 Å². The number of hydrogen-bond donors (Lipinski definition) is 1. The maximum absolute atomic E-state index is 11.1. The van der Waals surface area contributed by atoms with E-state index in [2.05, 4.69) is 5.10 Å². The standard InChI is InChI=1S/C10H9ClN4O4S/c11-9-2-1-3-10(15(16)17)8(9)6-14-5-7(4-13-14)20(12,18)19/h1-5H,6H2,(H2,12,18,19). The third kappa shape index (κ3) is 2.95. The zero-order valence-electron chi connectivity index (χ0n) is 9.93. The summed E-state index contributed by atoms with van der Waals surface area (Å²) in [5.74, 6) is 0. The summed E-state index contributed by atoms with van der Waals surface area (Å²) in [6.45, 7) is -0.0362. The topological polar surface area (TPSA) is 121 Å². The summed E-state index contributed by atoms with van der Waals surface area (Å²) in [6.07, 6.45) is 2.25. The van der Waals surface area contributed by atoms with E-state index in [0.717, 1.165) is 6.20 Å². The molecule has 0 bridgehead atoms. The van der Waals surface area contributed by atoms with E-state index in [-0.39, 0.29) is 27.7 Å². The fourth-order valence-electron chi connectivity index (χ4n) is 1.61. The predicted molar refractivity (Wildman–Crippen MR) is 70.8 cm³/mol. The van der Waals surface area contributed by atoms with E-state index in [1.165, 1.54) is 29.1 Å². The lowest BCUT2D eigenvalue weighted by atomic mass is 10.2. The molecular weight excluding hydrogens is 308 g/mol. The Morgan fingerprint density at radius 1 is 1.45 bits per heavy atom. The van der Waals surface area contributed by atoms with Crippen LogP contribution < -0.4 is 5.14 Å². The van der Waals surface area contributed by atoms with Crippen molar-refractivity contribution >= 4 is 27.3 Å². The molecule has 0 aliphatic carbocycles. The Hall–Kier alpha value is -1.97. The zero-order chi connectivity index (χ0) is 14.9. The average molecular weight is 317 g/mol. The summed E-state index contributed by atoms with van der Waals surface area (Å²) >= 11 is 5.93. The van der Waals surface area contributed by atoms with Crippen LogP contribution in [0.2, 0.25) is 5.02 Å². The lowest BCUT2D eigenvalue weighted by Gasteiger charge is -2.05. The van der Waals surface area contributed by atoms with Crippen molar-refractivity contribution in [3.8, 4) is 0 Å². The van der Waals surface area contributed by atoms with Crippen LogP contribution in [0.1, 0.15) is 5.56 Å². The highest BCUT2D eigenvalue weighted by Gasteiger charge is 2.18. The molecule has 0 unspecified atom stereocenters. The second-order valence-corrected chi connectivity index (χ2v) is 5.88. The summed E-state index contributed by atoms with van der Waals surface area (Å²) in [6, 6.07) is 4.28. The fourth-order valence-corrected chi connectivity index (χ4v) is 2.31. The van der Waals surface area contributed by atoms with Gasteiger partial charge in [0.25, 0.3) is 5.69 Å². The Kier molecular flexibility index (Phi) is 3.75. The molecule has 0 saturated heterocycles. The number of aromatic nitrogens is 2. The van der Waals surface area contributed by atoms with Gasteiger partial charge >= 0.3 is 0 Å². The molecule has 2 rings (SSSR count). The van der Waals surface area contributed by atoms with Crippen molar-refractivity contribution < 1.29 is 13.3 Å². The van der Waals surface area contributed by atoms with E-state index in [9.17, 15) is 18.5 Å². The monoisotopic (exact) mass is 316 g/mol. The summed E-state index contributed by atoms with van der Waals surface area (Å²) in [5, 5.41) is 19.9. The van der Waals surface area contributed by atoms with E-state index < -0.39 is 14.9 Å². The number of halogens is 1. The van der Waals surface area contributed by atoms with Crippen molar-refractivity contribution in [2.75, 3.05) is 0 Å².